The molecule has 1 aromatic heterocycles. The Morgan fingerprint density at radius 2 is 2.33 bits per heavy atom. The highest BCUT2D eigenvalue weighted by Crippen LogP contribution is 2.19. The quantitative estimate of drug-likeness (QED) is 0.435. The SMILES string of the molecule is O=[N+]([O-])c1cnn(CC(O)CNc2ccc(F)cc2I)c1. The van der Waals surface area contributed by atoms with E-state index in [1.807, 2.05) is 22.6 Å². The normalized spacial score (nSPS) is 12.1. The first-order chi connectivity index (χ1) is 9.95. The van der Waals surface area contributed by atoms with E-state index in [0.717, 1.165) is 6.20 Å². The maximum atomic E-state index is 13.0. The maximum Gasteiger partial charge on any atom is 0.306 e. The van der Waals surface area contributed by atoms with Gasteiger partial charge in [0.05, 0.1) is 17.6 Å². The highest BCUT2D eigenvalue weighted by Gasteiger charge is 2.12. The minimum atomic E-state index is -0.787. The van der Waals surface area contributed by atoms with Gasteiger partial charge in [0.1, 0.15) is 18.2 Å². The summed E-state index contributed by atoms with van der Waals surface area (Å²) in [7, 11) is 0. The van der Waals surface area contributed by atoms with Crippen LogP contribution in [-0.4, -0.2) is 32.5 Å². The Morgan fingerprint density at radius 3 is 2.95 bits per heavy atom. The van der Waals surface area contributed by atoms with E-state index in [0.29, 0.717) is 9.26 Å². The molecule has 0 saturated heterocycles. The minimum Gasteiger partial charge on any atom is -0.389 e. The van der Waals surface area contributed by atoms with Gasteiger partial charge in [-0.15, -0.1) is 0 Å². The van der Waals surface area contributed by atoms with Gasteiger partial charge in [0.2, 0.25) is 0 Å². The first-order valence-corrected chi connectivity index (χ1v) is 7.07. The molecule has 1 unspecified atom stereocenters. The molecular weight excluding hydrogens is 394 g/mol. The second kappa shape index (κ2) is 6.80. The van der Waals surface area contributed by atoms with Crippen LogP contribution in [0.3, 0.4) is 0 Å². The van der Waals surface area contributed by atoms with Gasteiger partial charge in [-0.05, 0) is 40.8 Å². The summed E-state index contributed by atoms with van der Waals surface area (Å²) in [6.07, 6.45) is 1.60. The predicted octanol–water partition coefficient (Wildman–Crippen LogP) is 2.01. The highest BCUT2D eigenvalue weighted by molar-refractivity contribution is 14.1. The average molecular weight is 406 g/mol. The van der Waals surface area contributed by atoms with Crippen molar-refractivity contribution >= 4 is 34.0 Å². The third kappa shape index (κ3) is 4.36. The number of hydrogen-bond acceptors (Lipinski definition) is 5. The molecule has 7 nitrogen and oxygen atoms in total. The topological polar surface area (TPSA) is 93.2 Å². The van der Waals surface area contributed by atoms with Crippen LogP contribution in [0.1, 0.15) is 0 Å². The van der Waals surface area contributed by atoms with Crippen molar-refractivity contribution in [1.29, 1.82) is 0 Å². The lowest BCUT2D eigenvalue weighted by Crippen LogP contribution is -2.25. The molecular formula is C12H12FIN4O3. The fourth-order valence-electron chi connectivity index (χ4n) is 1.69. The first-order valence-electron chi connectivity index (χ1n) is 5.99. The third-order valence-electron chi connectivity index (χ3n) is 2.69. The van der Waals surface area contributed by atoms with Gasteiger partial charge >= 0.3 is 5.69 Å². The molecule has 0 fully saturated rings. The number of rotatable bonds is 6. The molecule has 112 valence electrons. The number of nitro groups is 1. The predicted molar refractivity (Wildman–Crippen MR) is 82.5 cm³/mol. The van der Waals surface area contributed by atoms with Crippen LogP contribution in [0.5, 0.6) is 0 Å². The molecule has 2 N–H and O–H groups in total. The molecule has 21 heavy (non-hydrogen) atoms. The van der Waals surface area contributed by atoms with E-state index < -0.39 is 11.0 Å². The van der Waals surface area contributed by atoms with Gasteiger partial charge in [-0.25, -0.2) is 4.39 Å². The zero-order valence-corrected chi connectivity index (χ0v) is 12.9. The molecule has 0 saturated carbocycles. The van der Waals surface area contributed by atoms with Crippen LogP contribution in [0.25, 0.3) is 0 Å². The Morgan fingerprint density at radius 1 is 1.57 bits per heavy atom. The van der Waals surface area contributed by atoms with Gasteiger partial charge in [0.15, 0.2) is 0 Å². The van der Waals surface area contributed by atoms with Crippen LogP contribution >= 0.6 is 22.6 Å². The first kappa shape index (κ1) is 15.6. The summed E-state index contributed by atoms with van der Waals surface area (Å²) in [5.41, 5.74) is 0.589. The van der Waals surface area contributed by atoms with Crippen LogP contribution in [0.2, 0.25) is 0 Å². The largest absolute Gasteiger partial charge is 0.389 e. The summed E-state index contributed by atoms with van der Waals surface area (Å²) in [6, 6.07) is 4.29. The van der Waals surface area contributed by atoms with Gasteiger partial charge in [0.25, 0.3) is 0 Å². The number of aromatic nitrogens is 2. The summed E-state index contributed by atoms with van der Waals surface area (Å²) in [5.74, 6) is -0.325. The van der Waals surface area contributed by atoms with Crippen LogP contribution < -0.4 is 5.32 Å². The van der Waals surface area contributed by atoms with E-state index >= 15 is 0 Å². The van der Waals surface area contributed by atoms with E-state index in [9.17, 15) is 19.6 Å². The molecule has 0 aliphatic heterocycles. The molecule has 9 heteroatoms. The smallest absolute Gasteiger partial charge is 0.306 e. The fourth-order valence-corrected chi connectivity index (χ4v) is 2.36. The molecule has 0 spiro atoms. The van der Waals surface area contributed by atoms with Gasteiger partial charge in [-0.2, -0.15) is 5.10 Å². The number of nitrogens with zero attached hydrogens (tertiary/aromatic N) is 3. The van der Waals surface area contributed by atoms with Crippen LogP contribution in [0.4, 0.5) is 15.8 Å². The number of anilines is 1. The molecule has 0 amide bonds. The van der Waals surface area contributed by atoms with Crippen LogP contribution in [-0.2, 0) is 6.54 Å². The van der Waals surface area contributed by atoms with Crippen molar-refractivity contribution in [2.75, 3.05) is 11.9 Å². The van der Waals surface area contributed by atoms with Crippen molar-refractivity contribution in [3.05, 3.63) is 50.1 Å². The Kier molecular flexibility index (Phi) is 5.07. The third-order valence-corrected chi connectivity index (χ3v) is 3.58. The lowest BCUT2D eigenvalue weighted by molar-refractivity contribution is -0.385. The van der Waals surface area contributed by atoms with E-state index in [1.54, 1.807) is 6.07 Å². The number of aliphatic hydroxyl groups is 1. The monoisotopic (exact) mass is 406 g/mol. The Bertz CT molecular complexity index is 649. The van der Waals surface area contributed by atoms with E-state index in [4.69, 9.17) is 0 Å². The van der Waals surface area contributed by atoms with Crippen molar-refractivity contribution in [2.45, 2.75) is 12.6 Å². The number of hydrogen-bond donors (Lipinski definition) is 2. The standard InChI is InChI=1S/C12H12FIN4O3/c13-8-1-2-12(11(14)3-8)15-5-10(19)7-17-6-9(4-16-17)18(20)21/h1-4,6,10,15,19H,5,7H2. The second-order valence-corrected chi connectivity index (χ2v) is 5.50. The number of benzene rings is 1. The molecule has 2 aromatic rings. The van der Waals surface area contributed by atoms with E-state index in [1.165, 1.54) is 23.0 Å². The molecule has 0 bridgehead atoms. The summed E-state index contributed by atoms with van der Waals surface area (Å²) >= 11 is 1.99. The Hall–Kier alpha value is -1.75. The van der Waals surface area contributed by atoms with Gasteiger partial charge in [-0.1, -0.05) is 0 Å². The van der Waals surface area contributed by atoms with Gasteiger partial charge < -0.3 is 10.4 Å². The number of aliphatic hydroxyl groups excluding tert-OH is 1. The van der Waals surface area contributed by atoms with Gasteiger partial charge in [-0.3, -0.25) is 14.8 Å². The summed E-state index contributed by atoms with van der Waals surface area (Å²) in [4.78, 5) is 9.98. The second-order valence-electron chi connectivity index (χ2n) is 4.34. The summed E-state index contributed by atoms with van der Waals surface area (Å²) in [6.45, 7) is 0.341. The summed E-state index contributed by atoms with van der Waals surface area (Å²) < 4.78 is 15.0. The Balaban J connectivity index is 1.89. The molecule has 2 rings (SSSR count). The van der Waals surface area contributed by atoms with Crippen molar-refractivity contribution in [2.24, 2.45) is 0 Å². The van der Waals surface area contributed by atoms with Crippen LogP contribution in [0, 0.1) is 19.5 Å². The lowest BCUT2D eigenvalue weighted by atomic mass is 10.3. The molecule has 0 radical (unpaired) electrons. The molecule has 0 aliphatic carbocycles. The van der Waals surface area contributed by atoms with E-state index in [2.05, 4.69) is 10.4 Å². The zero-order chi connectivity index (χ0) is 15.4. The minimum absolute atomic E-state index is 0.122. The van der Waals surface area contributed by atoms with Gasteiger partial charge in [0, 0.05) is 15.8 Å². The van der Waals surface area contributed by atoms with Crippen molar-refractivity contribution in [3.63, 3.8) is 0 Å². The molecule has 1 aromatic carbocycles. The number of halogens is 2. The molecule has 0 aliphatic rings. The molecule has 1 heterocycles. The fraction of sp³-hybridized carbons (Fsp3) is 0.250. The lowest BCUT2D eigenvalue weighted by Gasteiger charge is -2.13. The van der Waals surface area contributed by atoms with Crippen molar-refractivity contribution < 1.29 is 14.4 Å². The highest BCUT2D eigenvalue weighted by atomic mass is 127. The Labute approximate surface area is 133 Å². The average Bonchev–Trinajstić information content (AvgIpc) is 2.86. The van der Waals surface area contributed by atoms with Crippen molar-refractivity contribution in [1.82, 2.24) is 9.78 Å². The van der Waals surface area contributed by atoms with E-state index in [-0.39, 0.29) is 24.6 Å². The van der Waals surface area contributed by atoms with Crippen LogP contribution in [0.15, 0.2) is 30.6 Å². The zero-order valence-electron chi connectivity index (χ0n) is 10.7. The summed E-state index contributed by atoms with van der Waals surface area (Å²) in [5, 5.41) is 27.2. The maximum absolute atomic E-state index is 13.0. The number of nitrogens with one attached hydrogen (secondary N) is 1. The van der Waals surface area contributed by atoms with Crippen molar-refractivity contribution in [3.8, 4) is 0 Å². The molecule has 1 atom stereocenters.